The summed E-state index contributed by atoms with van der Waals surface area (Å²) in [6, 6.07) is 3.72. The maximum Gasteiger partial charge on any atom is 0.171 e. The number of halogens is 2. The monoisotopic (exact) mass is 288 g/mol. The van der Waals surface area contributed by atoms with Gasteiger partial charge in [-0.15, -0.1) is 0 Å². The minimum Gasteiger partial charge on any atom is -0.377 e. The van der Waals surface area contributed by atoms with Crippen molar-refractivity contribution in [3.63, 3.8) is 0 Å². The molecule has 16 heavy (non-hydrogen) atoms. The summed E-state index contributed by atoms with van der Waals surface area (Å²) in [5.41, 5.74) is 0.297. The van der Waals surface area contributed by atoms with Crippen LogP contribution in [0.2, 0.25) is 0 Å². The number of hydrogen-bond acceptors (Lipinski definition) is 3. The zero-order valence-electron chi connectivity index (χ0n) is 8.63. The maximum absolute atomic E-state index is 12.8. The van der Waals surface area contributed by atoms with Crippen LogP contribution in [0.3, 0.4) is 0 Å². The normalized spacial score (nSPS) is 10.2. The van der Waals surface area contributed by atoms with Crippen molar-refractivity contribution in [2.24, 2.45) is 0 Å². The number of carbonyl (C=O) groups excluding carboxylic acids is 2. The van der Waals surface area contributed by atoms with E-state index in [0.29, 0.717) is 10.0 Å². The van der Waals surface area contributed by atoms with Crippen molar-refractivity contribution in [1.82, 2.24) is 0 Å². The van der Waals surface area contributed by atoms with Crippen molar-refractivity contribution >= 4 is 27.5 Å². The molecule has 0 amide bonds. The molecule has 0 aromatic heterocycles. The van der Waals surface area contributed by atoms with Crippen LogP contribution >= 0.6 is 15.9 Å². The van der Waals surface area contributed by atoms with Crippen LogP contribution in [0.15, 0.2) is 22.7 Å². The van der Waals surface area contributed by atoms with Crippen molar-refractivity contribution in [2.75, 3.05) is 13.7 Å². The summed E-state index contributed by atoms with van der Waals surface area (Å²) in [5, 5.41) is 0. The van der Waals surface area contributed by atoms with E-state index in [1.54, 1.807) is 0 Å². The van der Waals surface area contributed by atoms with Gasteiger partial charge in [0.1, 0.15) is 12.4 Å². The van der Waals surface area contributed by atoms with Gasteiger partial charge in [-0.1, -0.05) is 0 Å². The van der Waals surface area contributed by atoms with Gasteiger partial charge in [0.05, 0.1) is 6.42 Å². The quantitative estimate of drug-likeness (QED) is 0.617. The SMILES string of the molecule is COCC(=O)CC(=O)c1ccc(F)cc1Br. The molecule has 1 aromatic rings. The van der Waals surface area contributed by atoms with E-state index in [9.17, 15) is 14.0 Å². The van der Waals surface area contributed by atoms with Gasteiger partial charge in [0.15, 0.2) is 11.6 Å². The first kappa shape index (κ1) is 13.0. The van der Waals surface area contributed by atoms with E-state index in [4.69, 9.17) is 0 Å². The first-order chi connectivity index (χ1) is 7.54. The standard InChI is InChI=1S/C11H10BrFO3/c1-16-6-8(14)5-11(15)9-3-2-7(13)4-10(9)12/h2-4H,5-6H2,1H3. The number of ether oxygens (including phenoxy) is 1. The molecule has 5 heteroatoms. The molecule has 0 bridgehead atoms. The molecule has 1 aromatic carbocycles. The first-order valence-electron chi connectivity index (χ1n) is 4.53. The summed E-state index contributed by atoms with van der Waals surface area (Å²) < 4.78 is 17.7. The molecule has 0 aliphatic rings. The number of Topliss-reactive ketones (excluding diaryl/α,β-unsaturated/α-hetero) is 2. The molecule has 1 rings (SSSR count). The molecular formula is C11H10BrFO3. The molecule has 0 unspecified atom stereocenters. The van der Waals surface area contributed by atoms with Gasteiger partial charge in [0.25, 0.3) is 0 Å². The van der Waals surface area contributed by atoms with Crippen LogP contribution in [-0.4, -0.2) is 25.3 Å². The highest BCUT2D eigenvalue weighted by molar-refractivity contribution is 9.10. The highest BCUT2D eigenvalue weighted by Gasteiger charge is 2.14. The van der Waals surface area contributed by atoms with Crippen LogP contribution in [-0.2, 0) is 9.53 Å². The van der Waals surface area contributed by atoms with E-state index in [1.807, 2.05) is 0 Å². The van der Waals surface area contributed by atoms with Crippen LogP contribution in [0.1, 0.15) is 16.8 Å². The number of methoxy groups -OCH3 is 1. The van der Waals surface area contributed by atoms with Gasteiger partial charge in [0, 0.05) is 17.1 Å². The van der Waals surface area contributed by atoms with E-state index >= 15 is 0 Å². The van der Waals surface area contributed by atoms with E-state index in [1.165, 1.54) is 25.3 Å². The molecule has 0 spiro atoms. The number of benzene rings is 1. The Labute approximate surface area is 101 Å². The number of hydrogen-bond donors (Lipinski definition) is 0. The molecule has 0 atom stereocenters. The molecule has 0 heterocycles. The summed E-state index contributed by atoms with van der Waals surface area (Å²) in [4.78, 5) is 22.8. The fourth-order valence-electron chi connectivity index (χ4n) is 1.20. The molecule has 3 nitrogen and oxygen atoms in total. The lowest BCUT2D eigenvalue weighted by atomic mass is 10.1. The summed E-state index contributed by atoms with van der Waals surface area (Å²) in [6.07, 6.45) is -0.238. The van der Waals surface area contributed by atoms with Crippen molar-refractivity contribution in [3.8, 4) is 0 Å². The van der Waals surface area contributed by atoms with Gasteiger partial charge in [-0.25, -0.2) is 4.39 Å². The molecule has 0 fully saturated rings. The molecule has 0 radical (unpaired) electrons. The Morgan fingerprint density at radius 1 is 1.44 bits per heavy atom. The van der Waals surface area contributed by atoms with Crippen molar-refractivity contribution in [2.45, 2.75) is 6.42 Å². The Balaban J connectivity index is 2.77. The lowest BCUT2D eigenvalue weighted by molar-refractivity contribution is -0.121. The highest BCUT2D eigenvalue weighted by Crippen LogP contribution is 2.19. The summed E-state index contributed by atoms with van der Waals surface area (Å²) in [7, 11) is 1.39. The first-order valence-corrected chi connectivity index (χ1v) is 5.32. The maximum atomic E-state index is 12.8. The topological polar surface area (TPSA) is 43.4 Å². The van der Waals surface area contributed by atoms with Crippen LogP contribution in [0.25, 0.3) is 0 Å². The second-order valence-electron chi connectivity index (χ2n) is 3.20. The summed E-state index contributed by atoms with van der Waals surface area (Å²) >= 11 is 3.07. The van der Waals surface area contributed by atoms with Gasteiger partial charge in [-0.05, 0) is 34.1 Å². The second-order valence-corrected chi connectivity index (χ2v) is 4.05. The Kier molecular flexibility index (Phi) is 4.76. The highest BCUT2D eigenvalue weighted by atomic mass is 79.9. The number of ketones is 2. The average molecular weight is 289 g/mol. The van der Waals surface area contributed by atoms with Gasteiger partial charge in [-0.2, -0.15) is 0 Å². The third-order valence-electron chi connectivity index (χ3n) is 1.89. The zero-order chi connectivity index (χ0) is 12.1. The molecule has 0 aliphatic carbocycles. The Morgan fingerprint density at radius 2 is 2.12 bits per heavy atom. The van der Waals surface area contributed by atoms with Gasteiger partial charge >= 0.3 is 0 Å². The van der Waals surface area contributed by atoms with Crippen molar-refractivity contribution in [1.29, 1.82) is 0 Å². The molecule has 86 valence electrons. The molecule has 0 saturated heterocycles. The Hall–Kier alpha value is -1.07. The summed E-state index contributed by atoms with van der Waals surface area (Å²) in [5.74, 6) is -1.09. The van der Waals surface area contributed by atoms with Crippen molar-refractivity contribution in [3.05, 3.63) is 34.1 Å². The molecular weight excluding hydrogens is 279 g/mol. The second kappa shape index (κ2) is 5.86. The number of rotatable bonds is 5. The third-order valence-corrected chi connectivity index (χ3v) is 2.55. The van der Waals surface area contributed by atoms with Gasteiger partial charge < -0.3 is 4.74 Å². The third kappa shape index (κ3) is 3.50. The predicted molar refractivity (Wildman–Crippen MR) is 59.9 cm³/mol. The smallest absolute Gasteiger partial charge is 0.171 e. The van der Waals surface area contributed by atoms with Crippen LogP contribution in [0, 0.1) is 5.82 Å². The van der Waals surface area contributed by atoms with Crippen LogP contribution < -0.4 is 0 Å². The molecule has 0 saturated carbocycles. The lowest BCUT2D eigenvalue weighted by Crippen LogP contribution is -2.13. The zero-order valence-corrected chi connectivity index (χ0v) is 10.2. The Morgan fingerprint density at radius 3 is 2.69 bits per heavy atom. The minimum absolute atomic E-state index is 0.0927. The fourth-order valence-corrected chi connectivity index (χ4v) is 1.77. The minimum atomic E-state index is -0.438. The predicted octanol–water partition coefficient (Wildman–Crippen LogP) is 2.38. The fraction of sp³-hybridized carbons (Fsp3) is 0.273. The van der Waals surface area contributed by atoms with E-state index in [2.05, 4.69) is 20.7 Å². The van der Waals surface area contributed by atoms with Gasteiger partial charge in [-0.3, -0.25) is 9.59 Å². The average Bonchev–Trinajstić information content (AvgIpc) is 2.17. The van der Waals surface area contributed by atoms with E-state index in [-0.39, 0.29) is 24.6 Å². The lowest BCUT2D eigenvalue weighted by Gasteiger charge is -2.03. The summed E-state index contributed by atoms with van der Waals surface area (Å²) in [6.45, 7) is -0.0927. The van der Waals surface area contributed by atoms with E-state index < -0.39 is 5.82 Å². The van der Waals surface area contributed by atoms with Crippen LogP contribution in [0.5, 0.6) is 0 Å². The molecule has 0 N–H and O–H groups in total. The van der Waals surface area contributed by atoms with Crippen molar-refractivity contribution < 1.29 is 18.7 Å². The van der Waals surface area contributed by atoms with E-state index in [0.717, 1.165) is 0 Å². The van der Waals surface area contributed by atoms with Crippen LogP contribution in [0.4, 0.5) is 4.39 Å². The largest absolute Gasteiger partial charge is 0.377 e. The molecule has 0 aliphatic heterocycles. The number of carbonyl (C=O) groups is 2. The Bertz CT molecular complexity index is 418. The van der Waals surface area contributed by atoms with Gasteiger partial charge in [0.2, 0.25) is 0 Å².